The number of H-pyrrole nitrogens is 1. The van der Waals surface area contributed by atoms with Crippen LogP contribution >= 0.6 is 0 Å². The zero-order chi connectivity index (χ0) is 18.3. The number of rotatable bonds is 4. The fourth-order valence-electron chi connectivity index (χ4n) is 3.35. The van der Waals surface area contributed by atoms with Crippen LogP contribution in [0.5, 0.6) is 5.88 Å². The SMILES string of the molecule is Cc1n[nH]c(C)c1S(=O)(=O)N1CCC(Oc2ccc3ccccc3n2)C1. The smallest absolute Gasteiger partial charge is 0.246 e. The number of benzene rings is 1. The van der Waals surface area contributed by atoms with Gasteiger partial charge in [0.25, 0.3) is 0 Å². The summed E-state index contributed by atoms with van der Waals surface area (Å²) in [6, 6.07) is 11.6. The Balaban J connectivity index is 1.51. The summed E-state index contributed by atoms with van der Waals surface area (Å²) in [5.74, 6) is 0.517. The van der Waals surface area contributed by atoms with E-state index in [0.29, 0.717) is 36.8 Å². The molecular weight excluding hydrogens is 352 g/mol. The second kappa shape index (κ2) is 6.37. The second-order valence-corrected chi connectivity index (χ2v) is 8.37. The maximum atomic E-state index is 12.9. The Morgan fingerprint density at radius 2 is 2.00 bits per heavy atom. The minimum Gasteiger partial charge on any atom is -0.473 e. The van der Waals surface area contributed by atoms with E-state index in [9.17, 15) is 8.42 Å². The van der Waals surface area contributed by atoms with Gasteiger partial charge < -0.3 is 4.74 Å². The normalized spacial score (nSPS) is 18.5. The number of aromatic nitrogens is 3. The number of hydrogen-bond donors (Lipinski definition) is 1. The van der Waals surface area contributed by atoms with E-state index in [0.717, 1.165) is 10.9 Å². The van der Waals surface area contributed by atoms with Gasteiger partial charge >= 0.3 is 0 Å². The number of sulfonamides is 1. The van der Waals surface area contributed by atoms with Crippen molar-refractivity contribution in [3.8, 4) is 5.88 Å². The van der Waals surface area contributed by atoms with Crippen LogP contribution in [0, 0.1) is 13.8 Å². The lowest BCUT2D eigenvalue weighted by Crippen LogP contribution is -2.31. The summed E-state index contributed by atoms with van der Waals surface area (Å²) in [5, 5.41) is 7.78. The van der Waals surface area contributed by atoms with Crippen LogP contribution in [-0.4, -0.2) is 47.1 Å². The van der Waals surface area contributed by atoms with Crippen LogP contribution in [0.15, 0.2) is 41.3 Å². The van der Waals surface area contributed by atoms with Gasteiger partial charge in [0, 0.05) is 18.0 Å². The molecule has 1 fully saturated rings. The molecule has 1 N–H and O–H groups in total. The molecule has 3 aromatic rings. The number of nitrogens with zero attached hydrogens (tertiary/aromatic N) is 3. The average molecular weight is 372 g/mol. The van der Waals surface area contributed by atoms with Crippen LogP contribution in [0.25, 0.3) is 10.9 Å². The first-order chi connectivity index (χ1) is 12.4. The van der Waals surface area contributed by atoms with E-state index in [1.54, 1.807) is 13.8 Å². The molecule has 1 atom stereocenters. The van der Waals surface area contributed by atoms with Crippen molar-refractivity contribution in [2.45, 2.75) is 31.3 Å². The van der Waals surface area contributed by atoms with Gasteiger partial charge in [0.15, 0.2) is 0 Å². The van der Waals surface area contributed by atoms with Gasteiger partial charge in [0.05, 0.1) is 23.4 Å². The summed E-state index contributed by atoms with van der Waals surface area (Å²) in [5.41, 5.74) is 1.91. The standard InChI is InChI=1S/C18H20N4O3S/c1-12-18(13(2)21-20-12)26(23,24)22-10-9-15(11-22)25-17-8-7-14-5-3-4-6-16(14)19-17/h3-8,15H,9-11H2,1-2H3,(H,20,21). The van der Waals surface area contributed by atoms with E-state index in [1.165, 1.54) is 4.31 Å². The van der Waals surface area contributed by atoms with Crippen molar-refractivity contribution in [3.05, 3.63) is 47.8 Å². The molecule has 7 nitrogen and oxygen atoms in total. The summed E-state index contributed by atoms with van der Waals surface area (Å²) in [7, 11) is -3.58. The molecule has 0 aliphatic carbocycles. The third-order valence-electron chi connectivity index (χ3n) is 4.63. The molecule has 1 aliphatic rings. The van der Waals surface area contributed by atoms with Gasteiger partial charge in [-0.15, -0.1) is 0 Å². The van der Waals surface area contributed by atoms with Crippen LogP contribution in [-0.2, 0) is 10.0 Å². The predicted octanol–water partition coefficient (Wildman–Crippen LogP) is 2.42. The van der Waals surface area contributed by atoms with Gasteiger partial charge in [-0.1, -0.05) is 18.2 Å². The van der Waals surface area contributed by atoms with Crippen LogP contribution in [0.2, 0.25) is 0 Å². The van der Waals surface area contributed by atoms with Gasteiger partial charge in [-0.3, -0.25) is 5.10 Å². The number of para-hydroxylation sites is 1. The van der Waals surface area contributed by atoms with Gasteiger partial charge in [-0.25, -0.2) is 13.4 Å². The maximum absolute atomic E-state index is 12.9. The molecular formula is C18H20N4O3S. The van der Waals surface area contributed by atoms with Gasteiger partial charge in [-0.2, -0.15) is 9.40 Å². The third kappa shape index (κ3) is 2.95. The van der Waals surface area contributed by atoms with Crippen LogP contribution in [0.4, 0.5) is 0 Å². The highest BCUT2D eigenvalue weighted by molar-refractivity contribution is 7.89. The monoisotopic (exact) mass is 372 g/mol. The summed E-state index contributed by atoms with van der Waals surface area (Å²) >= 11 is 0. The molecule has 0 saturated carbocycles. The molecule has 136 valence electrons. The Kier molecular flexibility index (Phi) is 4.16. The molecule has 1 aliphatic heterocycles. The van der Waals surface area contributed by atoms with E-state index in [4.69, 9.17) is 4.74 Å². The number of aromatic amines is 1. The summed E-state index contributed by atoms with van der Waals surface area (Å²) in [4.78, 5) is 4.76. The Hall–Kier alpha value is -2.45. The predicted molar refractivity (Wildman–Crippen MR) is 97.6 cm³/mol. The largest absolute Gasteiger partial charge is 0.473 e. The highest BCUT2D eigenvalue weighted by atomic mass is 32.2. The number of fused-ring (bicyclic) bond motifs is 1. The summed E-state index contributed by atoms with van der Waals surface area (Å²) in [6.45, 7) is 4.14. The topological polar surface area (TPSA) is 88.2 Å². The minimum atomic E-state index is -3.58. The van der Waals surface area contributed by atoms with Crippen molar-refractivity contribution in [3.63, 3.8) is 0 Å². The highest BCUT2D eigenvalue weighted by Crippen LogP contribution is 2.27. The lowest BCUT2D eigenvalue weighted by Gasteiger charge is -2.17. The summed E-state index contributed by atoms with van der Waals surface area (Å²) < 4.78 is 33.2. The molecule has 0 bridgehead atoms. The third-order valence-corrected chi connectivity index (χ3v) is 6.76. The van der Waals surface area contributed by atoms with E-state index in [1.807, 2.05) is 36.4 Å². The molecule has 0 amide bonds. The van der Waals surface area contributed by atoms with Crippen molar-refractivity contribution in [1.29, 1.82) is 0 Å². The Labute approximate surface area is 152 Å². The first-order valence-electron chi connectivity index (χ1n) is 8.49. The molecule has 26 heavy (non-hydrogen) atoms. The molecule has 1 unspecified atom stereocenters. The van der Waals surface area contributed by atoms with Crippen LogP contribution < -0.4 is 4.74 Å². The lowest BCUT2D eigenvalue weighted by atomic mass is 10.2. The molecule has 3 heterocycles. The minimum absolute atomic E-state index is 0.217. The molecule has 1 saturated heterocycles. The summed E-state index contributed by atoms with van der Waals surface area (Å²) in [6.07, 6.45) is 0.412. The molecule has 0 spiro atoms. The van der Waals surface area contributed by atoms with E-state index < -0.39 is 10.0 Å². The molecule has 0 radical (unpaired) electrons. The van der Waals surface area contributed by atoms with E-state index in [2.05, 4.69) is 15.2 Å². The molecule has 8 heteroatoms. The zero-order valence-corrected chi connectivity index (χ0v) is 15.5. The highest BCUT2D eigenvalue weighted by Gasteiger charge is 2.36. The zero-order valence-electron chi connectivity index (χ0n) is 14.6. The van der Waals surface area contributed by atoms with E-state index in [-0.39, 0.29) is 11.0 Å². The van der Waals surface area contributed by atoms with Gasteiger partial charge in [-0.05, 0) is 32.4 Å². The van der Waals surface area contributed by atoms with Crippen molar-refractivity contribution < 1.29 is 13.2 Å². The fourth-order valence-corrected chi connectivity index (χ4v) is 5.16. The number of aryl methyl sites for hydroxylation is 2. The first-order valence-corrected chi connectivity index (χ1v) is 9.93. The average Bonchev–Trinajstić information content (AvgIpc) is 3.22. The quantitative estimate of drug-likeness (QED) is 0.760. The molecule has 2 aromatic heterocycles. The molecule has 1 aromatic carbocycles. The molecule has 4 rings (SSSR count). The van der Waals surface area contributed by atoms with Gasteiger partial charge in [0.1, 0.15) is 11.0 Å². The Morgan fingerprint density at radius 3 is 2.77 bits per heavy atom. The number of ether oxygens (including phenoxy) is 1. The Morgan fingerprint density at radius 1 is 1.19 bits per heavy atom. The Bertz CT molecular complexity index is 1040. The first kappa shape index (κ1) is 17.0. The van der Waals surface area contributed by atoms with Crippen LogP contribution in [0.3, 0.4) is 0 Å². The maximum Gasteiger partial charge on any atom is 0.246 e. The van der Waals surface area contributed by atoms with Crippen molar-refractivity contribution in [2.75, 3.05) is 13.1 Å². The number of nitrogens with one attached hydrogen (secondary N) is 1. The number of pyridine rings is 1. The van der Waals surface area contributed by atoms with Crippen molar-refractivity contribution in [2.24, 2.45) is 0 Å². The van der Waals surface area contributed by atoms with Crippen molar-refractivity contribution >= 4 is 20.9 Å². The lowest BCUT2D eigenvalue weighted by molar-refractivity contribution is 0.207. The van der Waals surface area contributed by atoms with Gasteiger partial charge in [0.2, 0.25) is 15.9 Å². The second-order valence-electron chi connectivity index (χ2n) is 6.50. The van der Waals surface area contributed by atoms with Crippen molar-refractivity contribution in [1.82, 2.24) is 19.5 Å². The van der Waals surface area contributed by atoms with Crippen LogP contribution in [0.1, 0.15) is 17.8 Å². The van der Waals surface area contributed by atoms with E-state index >= 15 is 0 Å². The number of hydrogen-bond acceptors (Lipinski definition) is 5. The fraction of sp³-hybridized carbons (Fsp3) is 0.333.